The van der Waals surface area contributed by atoms with Crippen molar-refractivity contribution < 1.29 is 68.6 Å². The summed E-state index contributed by atoms with van der Waals surface area (Å²) < 4.78 is 34.5. The fourth-order valence-electron chi connectivity index (χ4n) is 13.9. The van der Waals surface area contributed by atoms with Crippen LogP contribution in [0.5, 0.6) is 0 Å². The highest BCUT2D eigenvalue weighted by Crippen LogP contribution is 2.76. The fraction of sp³-hybridized carbons (Fsp3) is 0.909. The van der Waals surface area contributed by atoms with Gasteiger partial charge in [0.1, 0.15) is 42.7 Å². The minimum Gasteiger partial charge on any atom is -0.469 e. The summed E-state index contributed by atoms with van der Waals surface area (Å²) in [4.78, 5) is 26.6. The number of carbonyl (C=O) groups excluding carboxylic acids is 2. The molecule has 58 heavy (non-hydrogen) atoms. The standard InChI is InChI=1S/C44H70O14/c1-39(2)16-18-44(38(52)54-9)19-17-42(6)22(23(44)20-39)10-11-26-41(5)14-13-27(40(3,4)25(41)12-15-43(26,42)7)56-37-32(50)33(31(49)34(58-37)35(51)53-8)57-36-30(48)29(47)28(46)24(21-45)55-36/h10,23-34,36-37,45-50H,11-21H2,1-9H3/t23-,24+,25-,26+,27-,28-,29-,30+,31-,32+,33-,34-,36-,37+,41-,42+,43+,44-/m0/s1. The number of fused-ring (bicyclic) bond motifs is 7. The molecule has 0 radical (unpaired) electrons. The SMILES string of the molecule is COC(=O)[C@H]1O[C@@H](O[C@H]2CC[C@]3(C)[C@H]4CC=C5[C@@H]6CC(C)(C)CC[C@]6(C(=O)OC)CC[C@@]5(C)[C@]4(C)CC[C@H]3C2(C)C)[C@H](O)[C@@H](O[C@@H]2O[C@H](CO)[C@H](O)[C@H](O)[C@H]2O)[C@@H]1O. The zero-order valence-electron chi connectivity index (χ0n) is 35.9. The van der Waals surface area contributed by atoms with Gasteiger partial charge in [0.2, 0.25) is 0 Å². The van der Waals surface area contributed by atoms with Crippen molar-refractivity contribution in [3.63, 3.8) is 0 Å². The molecule has 0 unspecified atom stereocenters. The van der Waals surface area contributed by atoms with Gasteiger partial charge >= 0.3 is 11.9 Å². The molecule has 2 aliphatic heterocycles. The second-order valence-electron chi connectivity index (χ2n) is 21.1. The molecule has 0 bridgehead atoms. The lowest BCUT2D eigenvalue weighted by molar-refractivity contribution is -0.365. The molecule has 6 N–H and O–H groups in total. The summed E-state index contributed by atoms with van der Waals surface area (Å²) in [7, 11) is 2.67. The maximum atomic E-state index is 13.7. The molecule has 0 aromatic carbocycles. The lowest BCUT2D eigenvalue weighted by atomic mass is 9.33. The zero-order chi connectivity index (χ0) is 42.5. The highest BCUT2D eigenvalue weighted by molar-refractivity contribution is 5.78. The van der Waals surface area contributed by atoms with Crippen LogP contribution < -0.4 is 0 Å². The number of allylic oxidation sites excluding steroid dienone is 2. The summed E-state index contributed by atoms with van der Waals surface area (Å²) in [6, 6.07) is 0. The summed E-state index contributed by atoms with van der Waals surface area (Å²) in [5.41, 5.74) is 0.587. The van der Waals surface area contributed by atoms with Crippen LogP contribution in [-0.4, -0.2) is 131 Å². The Morgan fingerprint density at radius 2 is 1.41 bits per heavy atom. The van der Waals surface area contributed by atoms with Crippen LogP contribution in [-0.2, 0) is 38.0 Å². The Labute approximate surface area is 342 Å². The van der Waals surface area contributed by atoms with Gasteiger partial charge in [-0.15, -0.1) is 0 Å². The molecule has 2 saturated heterocycles. The second-order valence-corrected chi connectivity index (χ2v) is 21.1. The van der Waals surface area contributed by atoms with Crippen molar-refractivity contribution in [2.75, 3.05) is 20.8 Å². The molecule has 0 spiro atoms. The number of ether oxygens (including phenoxy) is 6. The summed E-state index contributed by atoms with van der Waals surface area (Å²) in [6.07, 6.45) is -5.27. The molecule has 330 valence electrons. The Kier molecular flexibility index (Phi) is 11.7. The van der Waals surface area contributed by atoms with Crippen molar-refractivity contribution in [2.24, 2.45) is 50.2 Å². The van der Waals surface area contributed by atoms with Crippen LogP contribution in [0.1, 0.15) is 113 Å². The van der Waals surface area contributed by atoms with Gasteiger partial charge in [-0.3, -0.25) is 4.79 Å². The maximum Gasteiger partial charge on any atom is 0.337 e. The van der Waals surface area contributed by atoms with E-state index in [0.29, 0.717) is 12.3 Å². The molecular formula is C44H70O14. The van der Waals surface area contributed by atoms with E-state index in [1.807, 2.05) is 0 Å². The van der Waals surface area contributed by atoms with Crippen LogP contribution in [0, 0.1) is 50.2 Å². The van der Waals surface area contributed by atoms with E-state index in [1.54, 1.807) is 0 Å². The van der Waals surface area contributed by atoms with E-state index in [-0.39, 0.29) is 39.5 Å². The Morgan fingerprint density at radius 3 is 2.07 bits per heavy atom. The normalized spacial score (nSPS) is 50.8. The number of hydrogen-bond donors (Lipinski definition) is 6. The molecule has 0 aromatic heterocycles. The molecule has 6 fully saturated rings. The Bertz CT molecular complexity index is 1600. The molecule has 0 aromatic rings. The van der Waals surface area contributed by atoms with Gasteiger partial charge in [-0.25, -0.2) is 4.79 Å². The number of hydrogen-bond acceptors (Lipinski definition) is 14. The van der Waals surface area contributed by atoms with Gasteiger partial charge in [0, 0.05) is 0 Å². The smallest absolute Gasteiger partial charge is 0.337 e. The number of aliphatic hydroxyl groups is 6. The first-order valence-electron chi connectivity index (χ1n) is 21.6. The van der Waals surface area contributed by atoms with E-state index in [2.05, 4.69) is 54.5 Å². The summed E-state index contributed by atoms with van der Waals surface area (Å²) in [5.74, 6) is -0.217. The first kappa shape index (κ1) is 44.3. The molecular weight excluding hydrogens is 752 g/mol. The largest absolute Gasteiger partial charge is 0.469 e. The van der Waals surface area contributed by atoms with Crippen LogP contribution in [0.2, 0.25) is 0 Å². The van der Waals surface area contributed by atoms with Crippen LogP contribution in [0.25, 0.3) is 0 Å². The number of carbonyl (C=O) groups is 2. The quantitative estimate of drug-likeness (QED) is 0.124. The predicted molar refractivity (Wildman–Crippen MR) is 207 cm³/mol. The van der Waals surface area contributed by atoms with Crippen molar-refractivity contribution in [1.29, 1.82) is 0 Å². The summed E-state index contributed by atoms with van der Waals surface area (Å²) in [6.45, 7) is 15.8. The summed E-state index contributed by atoms with van der Waals surface area (Å²) >= 11 is 0. The molecule has 0 amide bonds. The lowest BCUT2D eigenvalue weighted by Crippen LogP contribution is -2.67. The first-order valence-corrected chi connectivity index (χ1v) is 21.6. The van der Waals surface area contributed by atoms with Crippen LogP contribution in [0.3, 0.4) is 0 Å². The van der Waals surface area contributed by atoms with Gasteiger partial charge in [-0.05, 0) is 109 Å². The highest BCUT2D eigenvalue weighted by Gasteiger charge is 2.70. The molecule has 14 heteroatoms. The van der Waals surface area contributed by atoms with Gasteiger partial charge in [0.05, 0.1) is 32.3 Å². The van der Waals surface area contributed by atoms with E-state index in [0.717, 1.165) is 64.9 Å². The van der Waals surface area contributed by atoms with E-state index in [1.165, 1.54) is 12.7 Å². The van der Waals surface area contributed by atoms with Crippen LogP contribution in [0.4, 0.5) is 0 Å². The molecule has 14 nitrogen and oxygen atoms in total. The minimum absolute atomic E-state index is 0.00248. The average Bonchev–Trinajstić information content (AvgIpc) is 3.17. The third-order valence-electron chi connectivity index (χ3n) is 17.6. The monoisotopic (exact) mass is 822 g/mol. The fourth-order valence-corrected chi connectivity index (χ4v) is 13.9. The molecule has 2 heterocycles. The van der Waals surface area contributed by atoms with Crippen molar-refractivity contribution in [2.45, 2.75) is 180 Å². The second kappa shape index (κ2) is 15.3. The number of esters is 2. The average molecular weight is 823 g/mol. The van der Waals surface area contributed by atoms with Gasteiger partial charge in [0.25, 0.3) is 0 Å². The van der Waals surface area contributed by atoms with Crippen molar-refractivity contribution in [3.05, 3.63) is 11.6 Å². The van der Waals surface area contributed by atoms with E-state index >= 15 is 0 Å². The van der Waals surface area contributed by atoms with Crippen molar-refractivity contribution in [3.8, 4) is 0 Å². The molecule has 7 rings (SSSR count). The van der Waals surface area contributed by atoms with E-state index < -0.39 is 90.9 Å². The Morgan fingerprint density at radius 1 is 0.741 bits per heavy atom. The predicted octanol–water partition coefficient (Wildman–Crippen LogP) is 3.15. The minimum atomic E-state index is -1.81. The number of rotatable bonds is 7. The van der Waals surface area contributed by atoms with Crippen LogP contribution >= 0.6 is 0 Å². The molecule has 18 atom stereocenters. The Hall–Kier alpha value is -1.72. The third kappa shape index (κ3) is 6.56. The topological polar surface area (TPSA) is 211 Å². The third-order valence-corrected chi connectivity index (χ3v) is 17.6. The van der Waals surface area contributed by atoms with Crippen LogP contribution in [0.15, 0.2) is 11.6 Å². The maximum absolute atomic E-state index is 13.7. The zero-order valence-corrected chi connectivity index (χ0v) is 35.9. The number of methoxy groups -OCH3 is 2. The summed E-state index contributed by atoms with van der Waals surface area (Å²) in [5, 5.41) is 64.0. The van der Waals surface area contributed by atoms with Crippen molar-refractivity contribution in [1.82, 2.24) is 0 Å². The van der Waals surface area contributed by atoms with Gasteiger partial charge in [0.15, 0.2) is 18.7 Å². The lowest BCUT2D eigenvalue weighted by Gasteiger charge is -2.71. The van der Waals surface area contributed by atoms with Crippen molar-refractivity contribution >= 4 is 11.9 Å². The molecule has 4 saturated carbocycles. The first-order chi connectivity index (χ1) is 27.1. The van der Waals surface area contributed by atoms with E-state index in [9.17, 15) is 40.2 Å². The molecule has 7 aliphatic rings. The van der Waals surface area contributed by atoms with Gasteiger partial charge in [-0.1, -0.05) is 60.1 Å². The Balaban J connectivity index is 1.14. The number of aliphatic hydroxyl groups excluding tert-OH is 6. The molecule has 5 aliphatic carbocycles. The van der Waals surface area contributed by atoms with E-state index in [4.69, 9.17) is 28.4 Å². The van der Waals surface area contributed by atoms with Gasteiger partial charge in [-0.2, -0.15) is 0 Å². The van der Waals surface area contributed by atoms with Gasteiger partial charge < -0.3 is 59.1 Å². The highest BCUT2D eigenvalue weighted by atomic mass is 16.7.